The average Bonchev–Trinajstić information content (AvgIpc) is 2.72. The molecule has 0 spiro atoms. The molecule has 0 aliphatic carbocycles. The van der Waals surface area contributed by atoms with E-state index >= 15 is 0 Å². The van der Waals surface area contributed by atoms with E-state index in [0.29, 0.717) is 6.42 Å². The number of nitrogens with one attached hydrogen (secondary N) is 1. The fourth-order valence-electron chi connectivity index (χ4n) is 2.82. The normalized spacial score (nSPS) is 19.8. The van der Waals surface area contributed by atoms with Crippen molar-refractivity contribution in [2.45, 2.75) is 6.42 Å². The van der Waals surface area contributed by atoms with Crippen LogP contribution in [0.5, 0.6) is 0 Å². The number of benzene rings is 1. The summed E-state index contributed by atoms with van der Waals surface area (Å²) in [5.74, 6) is 0.190. The number of nitrogen functional groups attached to an aromatic ring is 1. The summed E-state index contributed by atoms with van der Waals surface area (Å²) in [6, 6.07) is 5.75. The molecule has 1 aromatic rings. The number of hydrogen-bond acceptors (Lipinski definition) is 4. The third kappa shape index (κ3) is 2.57. The van der Waals surface area contributed by atoms with Gasteiger partial charge in [-0.3, -0.25) is 9.69 Å². The van der Waals surface area contributed by atoms with Crippen LogP contribution < -0.4 is 16.0 Å². The molecular weight excluding hydrogens is 240 g/mol. The maximum absolute atomic E-state index is 12.1. The molecule has 0 unspecified atom stereocenters. The monoisotopic (exact) mass is 260 g/mol. The second-order valence-corrected chi connectivity index (χ2v) is 5.20. The van der Waals surface area contributed by atoms with E-state index in [2.05, 4.69) is 10.2 Å². The number of fused-ring (bicyclic) bond motifs is 1. The van der Waals surface area contributed by atoms with Gasteiger partial charge in [0.15, 0.2) is 0 Å². The van der Waals surface area contributed by atoms with Gasteiger partial charge in [-0.2, -0.15) is 0 Å². The fourth-order valence-corrected chi connectivity index (χ4v) is 2.82. The molecule has 5 nitrogen and oxygen atoms in total. The standard InChI is InChI=1S/C14H20N4O/c15-12-1-2-13-11(9-12)10-14(19)18(13)8-7-17-5-3-16-4-6-17/h1-2,9,16H,3-8,10,15H2. The quantitative estimate of drug-likeness (QED) is 0.755. The zero-order valence-corrected chi connectivity index (χ0v) is 11.1. The highest BCUT2D eigenvalue weighted by Gasteiger charge is 2.27. The van der Waals surface area contributed by atoms with Crippen molar-refractivity contribution in [2.75, 3.05) is 49.9 Å². The molecule has 2 aliphatic rings. The molecular formula is C14H20N4O. The van der Waals surface area contributed by atoms with Gasteiger partial charge in [-0.25, -0.2) is 0 Å². The molecule has 5 heteroatoms. The summed E-state index contributed by atoms with van der Waals surface area (Å²) >= 11 is 0. The van der Waals surface area contributed by atoms with E-state index in [-0.39, 0.29) is 5.91 Å². The van der Waals surface area contributed by atoms with Crippen LogP contribution >= 0.6 is 0 Å². The van der Waals surface area contributed by atoms with Gasteiger partial charge < -0.3 is 16.0 Å². The van der Waals surface area contributed by atoms with Gasteiger partial charge in [-0.15, -0.1) is 0 Å². The van der Waals surface area contributed by atoms with Crippen LogP contribution in [0.15, 0.2) is 18.2 Å². The van der Waals surface area contributed by atoms with Gasteiger partial charge in [0.1, 0.15) is 0 Å². The highest BCUT2D eigenvalue weighted by molar-refractivity contribution is 6.01. The first-order chi connectivity index (χ1) is 9.24. The molecule has 102 valence electrons. The molecule has 2 aliphatic heterocycles. The molecule has 1 fully saturated rings. The van der Waals surface area contributed by atoms with Gasteiger partial charge in [0, 0.05) is 50.6 Å². The first kappa shape index (κ1) is 12.4. The molecule has 1 saturated heterocycles. The minimum absolute atomic E-state index is 0.190. The Bertz CT molecular complexity index is 482. The third-order valence-electron chi connectivity index (χ3n) is 3.89. The minimum Gasteiger partial charge on any atom is -0.399 e. The van der Waals surface area contributed by atoms with Crippen molar-refractivity contribution < 1.29 is 4.79 Å². The van der Waals surface area contributed by atoms with Crippen molar-refractivity contribution >= 4 is 17.3 Å². The Hall–Kier alpha value is -1.59. The van der Waals surface area contributed by atoms with E-state index in [1.165, 1.54) is 0 Å². The summed E-state index contributed by atoms with van der Waals surface area (Å²) < 4.78 is 0. The smallest absolute Gasteiger partial charge is 0.231 e. The zero-order valence-electron chi connectivity index (χ0n) is 11.1. The van der Waals surface area contributed by atoms with Crippen molar-refractivity contribution in [1.82, 2.24) is 10.2 Å². The van der Waals surface area contributed by atoms with E-state index < -0.39 is 0 Å². The van der Waals surface area contributed by atoms with Gasteiger partial charge in [0.05, 0.1) is 6.42 Å². The summed E-state index contributed by atoms with van der Waals surface area (Å²) in [7, 11) is 0. The summed E-state index contributed by atoms with van der Waals surface area (Å²) in [6.45, 7) is 5.93. The predicted molar refractivity (Wildman–Crippen MR) is 76.2 cm³/mol. The number of anilines is 2. The Labute approximate surface area is 113 Å². The van der Waals surface area contributed by atoms with Crippen LogP contribution in [0.2, 0.25) is 0 Å². The predicted octanol–water partition coefficient (Wildman–Crippen LogP) is 0.0631. The number of nitrogens with two attached hydrogens (primary N) is 1. The number of rotatable bonds is 3. The van der Waals surface area contributed by atoms with Gasteiger partial charge in [0.25, 0.3) is 0 Å². The highest BCUT2D eigenvalue weighted by Crippen LogP contribution is 2.30. The van der Waals surface area contributed by atoms with Gasteiger partial charge in [-0.05, 0) is 23.8 Å². The van der Waals surface area contributed by atoms with Crippen LogP contribution in [0.3, 0.4) is 0 Å². The van der Waals surface area contributed by atoms with Crippen LogP contribution in [-0.2, 0) is 11.2 Å². The number of amides is 1. The van der Waals surface area contributed by atoms with Crippen molar-refractivity contribution in [3.05, 3.63) is 23.8 Å². The van der Waals surface area contributed by atoms with Crippen LogP contribution in [0.4, 0.5) is 11.4 Å². The lowest BCUT2D eigenvalue weighted by atomic mass is 10.1. The summed E-state index contributed by atoms with van der Waals surface area (Å²) in [6.07, 6.45) is 0.488. The maximum Gasteiger partial charge on any atom is 0.231 e. The van der Waals surface area contributed by atoms with Crippen molar-refractivity contribution in [3.63, 3.8) is 0 Å². The lowest BCUT2D eigenvalue weighted by Crippen LogP contribution is -2.46. The topological polar surface area (TPSA) is 61.6 Å². The molecule has 0 radical (unpaired) electrons. The van der Waals surface area contributed by atoms with Crippen LogP contribution in [0.1, 0.15) is 5.56 Å². The molecule has 1 amide bonds. The average molecular weight is 260 g/mol. The Balaban J connectivity index is 1.66. The molecule has 2 heterocycles. The van der Waals surface area contributed by atoms with Gasteiger partial charge in [-0.1, -0.05) is 0 Å². The number of carbonyl (C=O) groups is 1. The van der Waals surface area contributed by atoms with Crippen molar-refractivity contribution in [3.8, 4) is 0 Å². The molecule has 0 atom stereocenters. The van der Waals surface area contributed by atoms with E-state index in [9.17, 15) is 4.79 Å². The summed E-state index contributed by atoms with van der Waals surface area (Å²) in [4.78, 5) is 16.4. The van der Waals surface area contributed by atoms with Gasteiger partial charge >= 0.3 is 0 Å². The first-order valence-corrected chi connectivity index (χ1v) is 6.86. The summed E-state index contributed by atoms with van der Waals surface area (Å²) in [5, 5.41) is 3.34. The molecule has 3 N–H and O–H groups in total. The molecule has 0 bridgehead atoms. The lowest BCUT2D eigenvalue weighted by Gasteiger charge is -2.29. The largest absolute Gasteiger partial charge is 0.399 e. The Morgan fingerprint density at radius 3 is 2.79 bits per heavy atom. The molecule has 1 aromatic carbocycles. The van der Waals surface area contributed by atoms with Crippen LogP contribution in [0, 0.1) is 0 Å². The zero-order chi connectivity index (χ0) is 13.2. The summed E-state index contributed by atoms with van der Waals surface area (Å²) in [5.41, 5.74) is 8.60. The highest BCUT2D eigenvalue weighted by atomic mass is 16.2. The van der Waals surface area contributed by atoms with Crippen molar-refractivity contribution in [2.24, 2.45) is 0 Å². The SMILES string of the molecule is Nc1ccc2c(c1)CC(=O)N2CCN1CCNCC1. The van der Waals surface area contributed by atoms with Crippen LogP contribution in [-0.4, -0.2) is 50.1 Å². The first-order valence-electron chi connectivity index (χ1n) is 6.86. The number of nitrogens with zero attached hydrogens (tertiary/aromatic N) is 2. The third-order valence-corrected chi connectivity index (χ3v) is 3.89. The number of carbonyl (C=O) groups excluding carboxylic acids is 1. The molecule has 19 heavy (non-hydrogen) atoms. The second-order valence-electron chi connectivity index (χ2n) is 5.20. The van der Waals surface area contributed by atoms with E-state index in [1.54, 1.807) is 0 Å². The van der Waals surface area contributed by atoms with Crippen LogP contribution in [0.25, 0.3) is 0 Å². The van der Waals surface area contributed by atoms with Crippen molar-refractivity contribution in [1.29, 1.82) is 0 Å². The fraction of sp³-hybridized carbons (Fsp3) is 0.500. The maximum atomic E-state index is 12.1. The second kappa shape index (κ2) is 5.19. The lowest BCUT2D eigenvalue weighted by molar-refractivity contribution is -0.117. The molecule has 3 rings (SSSR count). The van der Waals surface area contributed by atoms with E-state index in [1.807, 2.05) is 23.1 Å². The number of piperazine rings is 1. The van der Waals surface area contributed by atoms with E-state index in [0.717, 1.165) is 56.2 Å². The minimum atomic E-state index is 0.190. The molecule has 0 aromatic heterocycles. The Morgan fingerprint density at radius 2 is 2.00 bits per heavy atom. The molecule has 0 saturated carbocycles. The van der Waals surface area contributed by atoms with Gasteiger partial charge in [0.2, 0.25) is 5.91 Å². The van der Waals surface area contributed by atoms with E-state index in [4.69, 9.17) is 5.73 Å². The number of hydrogen-bond donors (Lipinski definition) is 2. The Kier molecular flexibility index (Phi) is 3.40. The Morgan fingerprint density at radius 1 is 1.21 bits per heavy atom.